The van der Waals surface area contributed by atoms with E-state index in [4.69, 9.17) is 0 Å². The second kappa shape index (κ2) is 13.9. The van der Waals surface area contributed by atoms with Crippen LogP contribution in [-0.2, 0) is 0 Å². The summed E-state index contributed by atoms with van der Waals surface area (Å²) in [6.07, 6.45) is 17.9. The van der Waals surface area contributed by atoms with Gasteiger partial charge in [0.2, 0.25) is 0 Å². The number of carbonyl (C=O) groups excluding carboxylic acids is 2. The monoisotopic (exact) mass is 406 g/mol. The molecule has 0 bridgehead atoms. The van der Waals surface area contributed by atoms with Crippen LogP contribution in [0.5, 0.6) is 0 Å². The third kappa shape index (κ3) is 8.03. The second-order valence-corrected chi connectivity index (χ2v) is 12.5. The van der Waals surface area contributed by atoms with Gasteiger partial charge in [-0.15, -0.1) is 0 Å². The predicted molar refractivity (Wildman–Crippen MR) is 124 cm³/mol. The maximum absolute atomic E-state index is 10.9. The maximum Gasteiger partial charge on any atom is 0.258 e. The quantitative estimate of drug-likeness (QED) is 0.307. The lowest BCUT2D eigenvalue weighted by Crippen LogP contribution is -2.19. The van der Waals surface area contributed by atoms with E-state index in [0.717, 1.165) is 0 Å². The molecule has 1 N–H and O–H groups in total. The van der Waals surface area contributed by atoms with Gasteiger partial charge in [0.05, 0.1) is 35.8 Å². The van der Waals surface area contributed by atoms with Crippen molar-refractivity contribution in [2.45, 2.75) is 79.1 Å². The van der Waals surface area contributed by atoms with Crippen molar-refractivity contribution in [3.8, 4) is 0 Å². The zero-order chi connectivity index (χ0) is 20.8. The van der Waals surface area contributed by atoms with Crippen LogP contribution < -0.4 is 5.32 Å². The molecule has 1 aliphatic rings. The summed E-state index contributed by atoms with van der Waals surface area (Å²) in [4.78, 5) is 21.9. The van der Waals surface area contributed by atoms with Crippen LogP contribution in [0, 0.1) is 0 Å². The molecule has 0 spiro atoms. The minimum atomic E-state index is -0.562. The van der Waals surface area contributed by atoms with Crippen LogP contribution in [0.25, 0.3) is 0 Å². The summed E-state index contributed by atoms with van der Waals surface area (Å²) in [7, 11) is -0.562. The Bertz CT molecular complexity index is 530. The van der Waals surface area contributed by atoms with Crippen LogP contribution in [0.2, 0.25) is 0 Å². The normalized spacial score (nSPS) is 13.0. The van der Waals surface area contributed by atoms with Gasteiger partial charge in [-0.2, -0.15) is 0 Å². The van der Waals surface area contributed by atoms with Gasteiger partial charge >= 0.3 is 0 Å². The van der Waals surface area contributed by atoms with Crippen molar-refractivity contribution in [1.29, 1.82) is 0 Å². The second-order valence-electron chi connectivity index (χ2n) is 7.98. The number of unbranched alkanes of at least 4 members (excludes halogenated alkanes) is 4. The number of nitrogens with one attached hydrogen (secondary N) is 1. The standard InChI is InChI=1S/C16H36P.C8H5NO2/c1-5-9-13-17(14-10-6-2,15-11-7-3)16-12-8-4;10-7-5-3-1-2-4-6(5)8(11)9-7/h5-16H2,1-4H3;1-4H,(H,9,10,11)/q+1;. The highest BCUT2D eigenvalue weighted by atomic mass is 31.2. The van der Waals surface area contributed by atoms with Crippen LogP contribution in [0.4, 0.5) is 0 Å². The minimum absolute atomic E-state index is 0.300. The first-order valence-electron chi connectivity index (χ1n) is 11.3. The van der Waals surface area contributed by atoms with Crippen LogP contribution in [0.3, 0.4) is 0 Å². The van der Waals surface area contributed by atoms with Gasteiger partial charge in [0.15, 0.2) is 0 Å². The Morgan fingerprint density at radius 3 is 1.25 bits per heavy atom. The van der Waals surface area contributed by atoms with E-state index in [0.29, 0.717) is 11.1 Å². The van der Waals surface area contributed by atoms with Gasteiger partial charge in [0, 0.05) is 7.26 Å². The molecule has 2 rings (SSSR count). The van der Waals surface area contributed by atoms with Crippen molar-refractivity contribution in [2.75, 3.05) is 24.6 Å². The topological polar surface area (TPSA) is 46.2 Å². The Balaban J connectivity index is 0.000000302. The molecule has 1 aromatic rings. The van der Waals surface area contributed by atoms with Crippen LogP contribution in [0.1, 0.15) is 99.8 Å². The first-order chi connectivity index (χ1) is 13.5. The van der Waals surface area contributed by atoms with Crippen LogP contribution in [-0.4, -0.2) is 36.5 Å². The third-order valence-corrected chi connectivity index (χ3v) is 10.6. The van der Waals surface area contributed by atoms with E-state index in [1.54, 1.807) is 48.9 Å². The smallest absolute Gasteiger partial charge is 0.258 e. The van der Waals surface area contributed by atoms with Gasteiger partial charge in [-0.3, -0.25) is 14.9 Å². The molecule has 1 aliphatic heterocycles. The fourth-order valence-corrected chi connectivity index (χ4v) is 9.05. The molecule has 0 aliphatic carbocycles. The number of hydrogen-bond acceptors (Lipinski definition) is 2. The Morgan fingerprint density at radius 1 is 0.643 bits per heavy atom. The average molecular weight is 407 g/mol. The molecule has 0 fully saturated rings. The summed E-state index contributed by atoms with van der Waals surface area (Å²) < 4.78 is 0. The van der Waals surface area contributed by atoms with E-state index in [1.165, 1.54) is 51.4 Å². The lowest BCUT2D eigenvalue weighted by Gasteiger charge is -2.28. The molecule has 3 nitrogen and oxygen atoms in total. The van der Waals surface area contributed by atoms with Crippen molar-refractivity contribution >= 4 is 19.1 Å². The van der Waals surface area contributed by atoms with E-state index in [9.17, 15) is 9.59 Å². The van der Waals surface area contributed by atoms with Crippen LogP contribution in [0.15, 0.2) is 24.3 Å². The zero-order valence-corrected chi connectivity index (χ0v) is 19.5. The number of imide groups is 1. The molecule has 28 heavy (non-hydrogen) atoms. The molecule has 0 radical (unpaired) electrons. The highest BCUT2D eigenvalue weighted by molar-refractivity contribution is 7.75. The fourth-order valence-electron chi connectivity index (χ4n) is 3.76. The number of carbonyl (C=O) groups is 2. The van der Waals surface area contributed by atoms with E-state index in [-0.39, 0.29) is 11.8 Å². The Kier molecular flexibility index (Phi) is 12.3. The van der Waals surface area contributed by atoms with Gasteiger partial charge in [0.1, 0.15) is 0 Å². The molecule has 158 valence electrons. The molecule has 0 saturated carbocycles. The fraction of sp³-hybridized carbons (Fsp3) is 0.667. The SMILES string of the molecule is CCCC[P+](CCCC)(CCCC)CCCC.O=C1NC(=O)c2ccccc21. The van der Waals surface area contributed by atoms with E-state index in [2.05, 4.69) is 33.0 Å². The highest BCUT2D eigenvalue weighted by Gasteiger charge is 2.34. The van der Waals surface area contributed by atoms with Crippen molar-refractivity contribution in [2.24, 2.45) is 0 Å². The largest absolute Gasteiger partial charge is 0.288 e. The predicted octanol–water partition coefficient (Wildman–Crippen LogP) is 6.77. The van der Waals surface area contributed by atoms with Crippen molar-refractivity contribution in [3.63, 3.8) is 0 Å². The summed E-state index contributed by atoms with van der Waals surface area (Å²) in [6.45, 7) is 9.42. The molecule has 1 heterocycles. The Morgan fingerprint density at radius 2 is 0.964 bits per heavy atom. The molecule has 0 saturated heterocycles. The minimum Gasteiger partial charge on any atom is -0.288 e. The lowest BCUT2D eigenvalue weighted by atomic mass is 10.1. The first-order valence-corrected chi connectivity index (χ1v) is 13.9. The van der Waals surface area contributed by atoms with E-state index < -0.39 is 7.26 Å². The van der Waals surface area contributed by atoms with Gasteiger partial charge in [-0.1, -0.05) is 65.5 Å². The number of fused-ring (bicyclic) bond motifs is 1. The molecule has 0 atom stereocenters. The first kappa shape index (κ1) is 24.8. The summed E-state index contributed by atoms with van der Waals surface area (Å²) in [6, 6.07) is 6.74. The summed E-state index contributed by atoms with van der Waals surface area (Å²) >= 11 is 0. The Hall–Kier alpha value is -1.21. The van der Waals surface area contributed by atoms with Crippen molar-refractivity contribution in [3.05, 3.63) is 35.4 Å². The third-order valence-electron chi connectivity index (χ3n) is 5.59. The molecular weight excluding hydrogens is 365 g/mol. The van der Waals surface area contributed by atoms with Gasteiger partial charge in [-0.05, 0) is 37.8 Å². The van der Waals surface area contributed by atoms with Gasteiger partial charge in [-0.25, -0.2) is 0 Å². The highest BCUT2D eigenvalue weighted by Crippen LogP contribution is 2.61. The summed E-state index contributed by atoms with van der Waals surface area (Å²) in [5.74, 6) is -0.601. The van der Waals surface area contributed by atoms with Crippen LogP contribution >= 0.6 is 7.26 Å². The zero-order valence-electron chi connectivity index (χ0n) is 18.6. The lowest BCUT2D eigenvalue weighted by molar-refractivity contribution is 0.0879. The molecule has 4 heteroatoms. The number of rotatable bonds is 12. The number of hydrogen-bond donors (Lipinski definition) is 1. The number of amides is 2. The summed E-state index contributed by atoms with van der Waals surface area (Å²) in [5.41, 5.74) is 0.940. The van der Waals surface area contributed by atoms with E-state index in [1.807, 2.05) is 0 Å². The maximum atomic E-state index is 10.9. The van der Waals surface area contributed by atoms with Crippen molar-refractivity contribution < 1.29 is 9.59 Å². The Labute approximate surface area is 173 Å². The number of benzene rings is 1. The molecular formula is C24H41NO2P+. The van der Waals surface area contributed by atoms with Gasteiger partial charge in [0.25, 0.3) is 11.8 Å². The van der Waals surface area contributed by atoms with Gasteiger partial charge < -0.3 is 0 Å². The van der Waals surface area contributed by atoms with E-state index >= 15 is 0 Å². The molecule has 0 unspecified atom stereocenters. The average Bonchev–Trinajstić information content (AvgIpc) is 3.01. The molecule has 1 aromatic carbocycles. The molecule has 0 aromatic heterocycles. The van der Waals surface area contributed by atoms with Crippen molar-refractivity contribution in [1.82, 2.24) is 5.32 Å². The molecule has 2 amide bonds. The summed E-state index contributed by atoms with van der Waals surface area (Å²) in [5, 5.41) is 2.20.